The molecule has 4 atom stereocenters. The lowest BCUT2D eigenvalue weighted by Crippen LogP contribution is -2.88. The van der Waals surface area contributed by atoms with Gasteiger partial charge in [0.15, 0.2) is 0 Å². The van der Waals surface area contributed by atoms with Crippen LogP contribution in [0.5, 0.6) is 0 Å². The highest BCUT2D eigenvalue weighted by atomic mass is 19.1. The van der Waals surface area contributed by atoms with Gasteiger partial charge < -0.3 is 15.7 Å². The number of nitrogens with one attached hydrogen (secondary N) is 2. The van der Waals surface area contributed by atoms with Crippen molar-refractivity contribution in [1.29, 1.82) is 5.41 Å². The summed E-state index contributed by atoms with van der Waals surface area (Å²) in [5.74, 6) is 0.599. The second-order valence-corrected chi connectivity index (χ2v) is 9.95. The molecule has 1 aliphatic carbocycles. The number of piperidine rings is 1. The van der Waals surface area contributed by atoms with E-state index in [1.54, 1.807) is 12.5 Å². The van der Waals surface area contributed by atoms with Crippen molar-refractivity contribution >= 4 is 11.9 Å². The third kappa shape index (κ3) is 4.92. The van der Waals surface area contributed by atoms with E-state index in [1.165, 1.54) is 24.1 Å². The van der Waals surface area contributed by atoms with Crippen LogP contribution in [0.2, 0.25) is 0 Å². The van der Waals surface area contributed by atoms with Crippen LogP contribution in [0.15, 0.2) is 67.1 Å². The molecule has 1 aromatic heterocycles. The summed E-state index contributed by atoms with van der Waals surface area (Å²) in [4.78, 5) is 10.0. The molecule has 33 heavy (non-hydrogen) atoms. The zero-order valence-electron chi connectivity index (χ0n) is 19.0. The number of hydrogen-bond acceptors (Lipinski definition) is 3. The van der Waals surface area contributed by atoms with Crippen molar-refractivity contribution in [3.8, 4) is 0 Å². The number of aromatic nitrogens is 2. The molecule has 2 heterocycles. The van der Waals surface area contributed by atoms with E-state index in [9.17, 15) is 4.39 Å². The molecule has 3 aromatic rings. The quantitative estimate of drug-likeness (QED) is 0.380. The summed E-state index contributed by atoms with van der Waals surface area (Å²) in [5.41, 5.74) is 3.75. The molecule has 2 aliphatic rings. The molecular formula is C27H33FN5+. The number of hydrogen-bond donors (Lipinski definition) is 3. The molecule has 6 heteroatoms. The first-order chi connectivity index (χ1) is 16.1. The van der Waals surface area contributed by atoms with Gasteiger partial charge in [-0.2, -0.15) is 0 Å². The van der Waals surface area contributed by atoms with Crippen molar-refractivity contribution < 1.29 is 9.71 Å². The molecule has 1 aliphatic heterocycles. The standard InChI is InChI=1S/C27H32FN5/c28-23-6-8-24(9-7-23)32-26-12-22-10-11-33(17-25-16-30-19-31-25)18-27(22,14-21(26)15-29)13-20-4-2-1-3-5-20/h1-9,15-16,19,21-22,26,29,32H,10-14,17-18H2,(H,30,31)/p+1. The largest absolute Gasteiger partial charge is 0.347 e. The van der Waals surface area contributed by atoms with Crippen molar-refractivity contribution in [3.63, 3.8) is 0 Å². The maximum Gasteiger partial charge on any atom is 0.129 e. The molecule has 5 rings (SSSR count). The van der Waals surface area contributed by atoms with Crippen molar-refractivity contribution in [2.75, 3.05) is 13.1 Å². The zero-order chi connectivity index (χ0) is 22.7. The fraction of sp³-hybridized carbons (Fsp3) is 0.407. The van der Waals surface area contributed by atoms with Crippen molar-refractivity contribution in [2.45, 2.75) is 38.3 Å². The molecule has 2 fully saturated rings. The highest BCUT2D eigenvalue weighted by molar-refractivity contribution is 5.58. The van der Waals surface area contributed by atoms with Crippen LogP contribution in [-0.2, 0) is 13.0 Å². The van der Waals surface area contributed by atoms with E-state index in [2.05, 4.69) is 50.5 Å². The third-order valence-electron chi connectivity index (χ3n) is 7.79. The number of likely N-dealkylation sites (tertiary alicyclic amines) is 1. The number of aromatic amines is 1. The van der Waals surface area contributed by atoms with Gasteiger partial charge in [0.1, 0.15) is 11.5 Å². The number of halogens is 1. The van der Waals surface area contributed by atoms with E-state index in [-0.39, 0.29) is 17.2 Å². The Hall–Kier alpha value is -2.83. The van der Waals surface area contributed by atoms with E-state index < -0.39 is 0 Å². The summed E-state index contributed by atoms with van der Waals surface area (Å²) in [6.07, 6.45) is 9.65. The van der Waals surface area contributed by atoms with Crippen LogP contribution in [-0.4, -0.2) is 40.2 Å². The Kier molecular flexibility index (Phi) is 6.38. The van der Waals surface area contributed by atoms with Gasteiger partial charge in [-0.05, 0) is 54.8 Å². The van der Waals surface area contributed by atoms with Crippen LogP contribution >= 0.6 is 0 Å². The first kappa shape index (κ1) is 22.0. The second-order valence-electron chi connectivity index (χ2n) is 9.95. The van der Waals surface area contributed by atoms with E-state index >= 15 is 0 Å². The van der Waals surface area contributed by atoms with E-state index in [0.29, 0.717) is 12.0 Å². The van der Waals surface area contributed by atoms with Crippen molar-refractivity contribution in [2.24, 2.45) is 17.3 Å². The summed E-state index contributed by atoms with van der Waals surface area (Å²) in [5, 5.41) is 10.6. The van der Waals surface area contributed by atoms with Crippen molar-refractivity contribution in [3.05, 3.63) is 84.2 Å². The fourth-order valence-electron chi connectivity index (χ4n) is 6.24. The predicted octanol–water partition coefficient (Wildman–Crippen LogP) is 3.92. The number of H-pyrrole nitrogens is 1. The second kappa shape index (κ2) is 9.57. The number of imidazole rings is 1. The van der Waals surface area contributed by atoms with Gasteiger partial charge in [0.2, 0.25) is 0 Å². The maximum atomic E-state index is 13.4. The third-order valence-corrected chi connectivity index (χ3v) is 7.79. The summed E-state index contributed by atoms with van der Waals surface area (Å²) in [6, 6.07) is 17.9. The van der Waals surface area contributed by atoms with Gasteiger partial charge in [0, 0.05) is 55.7 Å². The Bertz CT molecular complexity index is 1040. The van der Waals surface area contributed by atoms with Crippen molar-refractivity contribution in [1.82, 2.24) is 14.9 Å². The molecule has 2 aromatic carbocycles. The molecule has 1 saturated heterocycles. The topological polar surface area (TPSA) is 72.4 Å². The predicted molar refractivity (Wildman–Crippen MR) is 128 cm³/mol. The molecule has 4 unspecified atom stereocenters. The van der Waals surface area contributed by atoms with Crippen LogP contribution in [0.1, 0.15) is 30.5 Å². The lowest BCUT2D eigenvalue weighted by molar-refractivity contribution is -0.622. The zero-order valence-corrected chi connectivity index (χ0v) is 19.0. The highest BCUT2D eigenvalue weighted by Gasteiger charge is 2.51. The number of rotatable bonds is 7. The Morgan fingerprint density at radius 2 is 2.00 bits per heavy atom. The highest BCUT2D eigenvalue weighted by Crippen LogP contribution is 2.49. The molecule has 0 spiro atoms. The molecule has 172 valence electrons. The Morgan fingerprint density at radius 3 is 2.73 bits per heavy atom. The van der Waals surface area contributed by atoms with Crippen LogP contribution in [0.4, 0.5) is 10.1 Å². The summed E-state index contributed by atoms with van der Waals surface area (Å²) < 4.78 is 13.4. The Labute approximate surface area is 195 Å². The van der Waals surface area contributed by atoms with Gasteiger partial charge >= 0.3 is 0 Å². The number of quaternary nitrogens is 1. The average molecular weight is 447 g/mol. The SMILES string of the molecule is N=CC1CC2(Cc3ccccc3)CN(Cc3cnc[nH]3)CCC2CC1[NH2+]c1ccc(F)cc1. The smallest absolute Gasteiger partial charge is 0.129 e. The van der Waals surface area contributed by atoms with E-state index in [0.717, 1.165) is 50.3 Å². The summed E-state index contributed by atoms with van der Waals surface area (Å²) >= 11 is 0. The van der Waals surface area contributed by atoms with E-state index in [1.807, 2.05) is 18.3 Å². The van der Waals surface area contributed by atoms with Gasteiger partial charge in [-0.1, -0.05) is 30.3 Å². The lowest BCUT2D eigenvalue weighted by Gasteiger charge is -2.54. The molecule has 4 N–H and O–H groups in total. The average Bonchev–Trinajstić information content (AvgIpc) is 3.34. The normalized spacial score (nSPS) is 27.7. The molecule has 0 bridgehead atoms. The number of nitrogens with zero attached hydrogens (tertiary/aromatic N) is 2. The van der Waals surface area contributed by atoms with Crippen LogP contribution in [0, 0.1) is 28.5 Å². The molecule has 0 amide bonds. The first-order valence-corrected chi connectivity index (χ1v) is 12.0. The first-order valence-electron chi connectivity index (χ1n) is 12.0. The van der Waals surface area contributed by atoms with Gasteiger partial charge in [-0.15, -0.1) is 0 Å². The summed E-state index contributed by atoms with van der Waals surface area (Å²) in [6.45, 7) is 3.02. The minimum absolute atomic E-state index is 0.148. The molecule has 5 nitrogen and oxygen atoms in total. The van der Waals surface area contributed by atoms with Crippen LogP contribution < -0.4 is 5.32 Å². The number of nitrogens with two attached hydrogens (primary N) is 1. The van der Waals surface area contributed by atoms with Gasteiger partial charge in [-0.25, -0.2) is 9.37 Å². The van der Waals surface area contributed by atoms with Gasteiger partial charge in [-0.3, -0.25) is 4.90 Å². The number of fused-ring (bicyclic) bond motifs is 1. The molecular weight excluding hydrogens is 413 g/mol. The minimum Gasteiger partial charge on any atom is -0.347 e. The monoisotopic (exact) mass is 446 g/mol. The van der Waals surface area contributed by atoms with Gasteiger partial charge in [0.05, 0.1) is 12.4 Å². The Morgan fingerprint density at radius 1 is 1.18 bits per heavy atom. The lowest BCUT2D eigenvalue weighted by atomic mass is 9.56. The minimum atomic E-state index is -0.203. The molecule has 1 saturated carbocycles. The van der Waals surface area contributed by atoms with Crippen LogP contribution in [0.3, 0.4) is 0 Å². The van der Waals surface area contributed by atoms with Crippen LogP contribution in [0.25, 0.3) is 0 Å². The summed E-state index contributed by atoms with van der Waals surface area (Å²) in [7, 11) is 0. The number of benzene rings is 2. The fourth-order valence-corrected chi connectivity index (χ4v) is 6.24. The maximum absolute atomic E-state index is 13.4. The van der Waals surface area contributed by atoms with Gasteiger partial charge in [0.25, 0.3) is 0 Å². The van der Waals surface area contributed by atoms with E-state index in [4.69, 9.17) is 5.41 Å². The Balaban J connectivity index is 1.39. The molecule has 0 radical (unpaired) electrons.